The van der Waals surface area contributed by atoms with E-state index in [0.717, 1.165) is 31.9 Å². The number of carbonyl (C=O) groups is 3. The summed E-state index contributed by atoms with van der Waals surface area (Å²) in [5.41, 5.74) is 2.20. The number of methoxy groups -OCH3 is 1. The van der Waals surface area contributed by atoms with E-state index in [9.17, 15) is 14.4 Å². The number of carbonyl (C=O) groups excluding carboxylic acids is 2. The standard InChI is InChI=1S/C21H26N4O6S/c1-30-20(29)15-2-4-17(5-3-15)25-9-7-24(8-10-25)12-18(26)23-21-22-16(14-32-21)13-31-11-6-19(27)28/h2-5,14H,6-13H2,1H3,(H,27,28)(H,22,23,26). The van der Waals surface area contributed by atoms with E-state index >= 15 is 0 Å². The summed E-state index contributed by atoms with van der Waals surface area (Å²) in [7, 11) is 1.36. The fourth-order valence-corrected chi connectivity index (χ4v) is 3.93. The number of esters is 1. The molecule has 10 nitrogen and oxygen atoms in total. The molecule has 0 atom stereocenters. The quantitative estimate of drug-likeness (QED) is 0.401. The van der Waals surface area contributed by atoms with Gasteiger partial charge < -0.3 is 24.8 Å². The van der Waals surface area contributed by atoms with Crippen LogP contribution in [0.15, 0.2) is 29.6 Å². The van der Waals surface area contributed by atoms with Gasteiger partial charge >= 0.3 is 11.9 Å². The smallest absolute Gasteiger partial charge is 0.337 e. The minimum atomic E-state index is -0.909. The van der Waals surface area contributed by atoms with Crippen molar-refractivity contribution in [2.24, 2.45) is 0 Å². The fourth-order valence-electron chi connectivity index (χ4n) is 3.22. The molecular weight excluding hydrogens is 436 g/mol. The number of hydrogen-bond donors (Lipinski definition) is 2. The van der Waals surface area contributed by atoms with Gasteiger partial charge in [0.25, 0.3) is 0 Å². The third-order valence-electron chi connectivity index (χ3n) is 4.90. The number of carboxylic acids is 1. The normalized spacial score (nSPS) is 14.2. The number of aliphatic carboxylic acids is 1. The van der Waals surface area contributed by atoms with Crippen molar-refractivity contribution in [3.8, 4) is 0 Å². The molecule has 1 aromatic carbocycles. The van der Waals surface area contributed by atoms with Crippen LogP contribution in [-0.4, -0.2) is 79.3 Å². The topological polar surface area (TPSA) is 121 Å². The third-order valence-corrected chi connectivity index (χ3v) is 5.71. The molecule has 2 aromatic rings. The van der Waals surface area contributed by atoms with Crippen LogP contribution in [0.2, 0.25) is 0 Å². The molecule has 0 aliphatic carbocycles. The molecule has 1 aliphatic rings. The van der Waals surface area contributed by atoms with E-state index < -0.39 is 5.97 Å². The van der Waals surface area contributed by atoms with Crippen molar-refractivity contribution in [1.82, 2.24) is 9.88 Å². The maximum atomic E-state index is 12.4. The minimum absolute atomic E-state index is 0.0558. The lowest BCUT2D eigenvalue weighted by molar-refractivity contribution is -0.138. The largest absolute Gasteiger partial charge is 0.481 e. The number of anilines is 2. The van der Waals surface area contributed by atoms with Gasteiger partial charge in [-0.05, 0) is 24.3 Å². The zero-order valence-electron chi connectivity index (χ0n) is 17.8. The Morgan fingerprint density at radius 1 is 1.16 bits per heavy atom. The number of nitrogens with zero attached hydrogens (tertiary/aromatic N) is 3. The van der Waals surface area contributed by atoms with Crippen LogP contribution >= 0.6 is 11.3 Å². The molecular formula is C21H26N4O6S. The highest BCUT2D eigenvalue weighted by molar-refractivity contribution is 7.13. The van der Waals surface area contributed by atoms with Gasteiger partial charge in [-0.15, -0.1) is 11.3 Å². The number of amides is 1. The molecule has 0 saturated carbocycles. The molecule has 1 aliphatic heterocycles. The van der Waals surface area contributed by atoms with Gasteiger partial charge in [0.05, 0.1) is 44.5 Å². The average Bonchev–Trinajstić information content (AvgIpc) is 3.23. The summed E-state index contributed by atoms with van der Waals surface area (Å²) in [4.78, 5) is 43.0. The van der Waals surface area contributed by atoms with Gasteiger partial charge in [-0.1, -0.05) is 0 Å². The molecule has 32 heavy (non-hydrogen) atoms. The van der Waals surface area contributed by atoms with Gasteiger partial charge in [-0.2, -0.15) is 0 Å². The van der Waals surface area contributed by atoms with Crippen LogP contribution in [0.3, 0.4) is 0 Å². The zero-order valence-corrected chi connectivity index (χ0v) is 18.6. The number of ether oxygens (including phenoxy) is 2. The van der Waals surface area contributed by atoms with Crippen LogP contribution in [0.1, 0.15) is 22.5 Å². The molecule has 0 unspecified atom stereocenters. The van der Waals surface area contributed by atoms with Crippen LogP contribution < -0.4 is 10.2 Å². The number of aromatic nitrogens is 1. The highest BCUT2D eigenvalue weighted by Crippen LogP contribution is 2.19. The average molecular weight is 463 g/mol. The Labute approximate surface area is 189 Å². The first-order chi connectivity index (χ1) is 15.4. The van der Waals surface area contributed by atoms with Gasteiger partial charge in [-0.25, -0.2) is 9.78 Å². The van der Waals surface area contributed by atoms with Crippen molar-refractivity contribution in [3.63, 3.8) is 0 Å². The van der Waals surface area contributed by atoms with E-state index in [4.69, 9.17) is 14.6 Å². The van der Waals surface area contributed by atoms with Crippen LogP contribution in [0.5, 0.6) is 0 Å². The molecule has 1 amide bonds. The molecule has 2 heterocycles. The van der Waals surface area contributed by atoms with Gasteiger partial charge in [0.2, 0.25) is 5.91 Å². The van der Waals surface area contributed by atoms with E-state index in [0.29, 0.717) is 16.4 Å². The molecule has 1 fully saturated rings. The predicted octanol–water partition coefficient (Wildman–Crippen LogP) is 1.68. The summed E-state index contributed by atoms with van der Waals surface area (Å²) in [6.45, 7) is 3.65. The van der Waals surface area contributed by atoms with Crippen molar-refractivity contribution in [3.05, 3.63) is 40.9 Å². The van der Waals surface area contributed by atoms with E-state index in [2.05, 4.69) is 20.1 Å². The Bertz CT molecular complexity index is 925. The highest BCUT2D eigenvalue weighted by Gasteiger charge is 2.20. The van der Waals surface area contributed by atoms with Crippen LogP contribution in [-0.2, 0) is 25.7 Å². The number of benzene rings is 1. The number of rotatable bonds is 10. The Morgan fingerprint density at radius 3 is 2.53 bits per heavy atom. The lowest BCUT2D eigenvalue weighted by Gasteiger charge is -2.35. The van der Waals surface area contributed by atoms with Crippen molar-refractivity contribution in [1.29, 1.82) is 0 Å². The SMILES string of the molecule is COC(=O)c1ccc(N2CCN(CC(=O)Nc3nc(COCCC(=O)O)cs3)CC2)cc1. The lowest BCUT2D eigenvalue weighted by Crippen LogP contribution is -2.48. The highest BCUT2D eigenvalue weighted by atomic mass is 32.1. The Balaban J connectivity index is 1.39. The Hall–Kier alpha value is -3.02. The monoisotopic (exact) mass is 462 g/mol. The predicted molar refractivity (Wildman–Crippen MR) is 119 cm³/mol. The van der Waals surface area contributed by atoms with Crippen molar-refractivity contribution in [2.75, 3.05) is 56.7 Å². The van der Waals surface area contributed by atoms with Crippen LogP contribution in [0.4, 0.5) is 10.8 Å². The molecule has 0 spiro atoms. The first kappa shape index (κ1) is 23.6. The summed E-state index contributed by atoms with van der Waals surface area (Å²) in [5.74, 6) is -1.40. The number of piperazine rings is 1. The Kier molecular flexibility index (Phi) is 8.54. The molecule has 0 radical (unpaired) electrons. The van der Waals surface area contributed by atoms with E-state index in [1.165, 1.54) is 18.4 Å². The number of thiazole rings is 1. The molecule has 1 aromatic heterocycles. The molecule has 0 bridgehead atoms. The van der Waals surface area contributed by atoms with Crippen LogP contribution in [0, 0.1) is 0 Å². The lowest BCUT2D eigenvalue weighted by atomic mass is 10.2. The number of nitrogens with one attached hydrogen (secondary N) is 1. The van der Waals surface area contributed by atoms with Gasteiger partial charge in [0.1, 0.15) is 0 Å². The van der Waals surface area contributed by atoms with Gasteiger partial charge in [0.15, 0.2) is 5.13 Å². The van der Waals surface area contributed by atoms with Crippen molar-refractivity contribution < 1.29 is 29.0 Å². The van der Waals surface area contributed by atoms with Crippen molar-refractivity contribution >= 4 is 40.0 Å². The van der Waals surface area contributed by atoms with Gasteiger partial charge in [-0.3, -0.25) is 14.5 Å². The fraction of sp³-hybridized carbons (Fsp3) is 0.429. The van der Waals surface area contributed by atoms with E-state index in [1.54, 1.807) is 17.5 Å². The summed E-state index contributed by atoms with van der Waals surface area (Å²) in [6.07, 6.45) is -0.0558. The second-order valence-corrected chi connectivity index (χ2v) is 8.05. The van der Waals surface area contributed by atoms with E-state index in [1.807, 2.05) is 12.1 Å². The second-order valence-electron chi connectivity index (χ2n) is 7.19. The van der Waals surface area contributed by atoms with E-state index in [-0.39, 0.29) is 38.1 Å². The number of hydrogen-bond acceptors (Lipinski definition) is 9. The first-order valence-corrected chi connectivity index (χ1v) is 11.0. The molecule has 3 rings (SSSR count). The third kappa shape index (κ3) is 7.01. The molecule has 1 saturated heterocycles. The summed E-state index contributed by atoms with van der Waals surface area (Å²) in [5, 5.41) is 13.7. The maximum Gasteiger partial charge on any atom is 0.337 e. The summed E-state index contributed by atoms with van der Waals surface area (Å²) in [6, 6.07) is 7.31. The maximum absolute atomic E-state index is 12.4. The zero-order chi connectivity index (χ0) is 22.9. The summed E-state index contributed by atoms with van der Waals surface area (Å²) < 4.78 is 9.98. The minimum Gasteiger partial charge on any atom is -0.481 e. The Morgan fingerprint density at radius 2 is 1.88 bits per heavy atom. The molecule has 11 heteroatoms. The number of carboxylic acid groups (broad SMARTS) is 1. The first-order valence-electron chi connectivity index (χ1n) is 10.1. The molecule has 2 N–H and O–H groups in total. The summed E-state index contributed by atoms with van der Waals surface area (Å²) >= 11 is 1.31. The molecule has 172 valence electrons. The van der Waals surface area contributed by atoms with Crippen molar-refractivity contribution in [2.45, 2.75) is 13.0 Å². The van der Waals surface area contributed by atoms with Gasteiger partial charge in [0, 0.05) is 37.2 Å². The van der Waals surface area contributed by atoms with Crippen LogP contribution in [0.25, 0.3) is 0 Å². The second kappa shape index (κ2) is 11.6.